The van der Waals surface area contributed by atoms with Gasteiger partial charge in [-0.3, -0.25) is 4.79 Å². The monoisotopic (exact) mass is 196 g/mol. The molecule has 1 aliphatic rings. The zero-order valence-corrected chi connectivity index (χ0v) is 8.57. The molecule has 4 heteroatoms. The van der Waals surface area contributed by atoms with E-state index in [-0.39, 0.29) is 11.3 Å². The van der Waals surface area contributed by atoms with E-state index in [0.717, 1.165) is 17.8 Å². The first-order valence-electron chi connectivity index (χ1n) is 4.29. The molecule has 0 unspecified atom stereocenters. The van der Waals surface area contributed by atoms with E-state index >= 15 is 0 Å². The van der Waals surface area contributed by atoms with Crippen LogP contribution in [-0.4, -0.2) is 17.4 Å². The van der Waals surface area contributed by atoms with E-state index in [1.165, 1.54) is 0 Å². The smallest absolute Gasteiger partial charge is 0.271 e. The summed E-state index contributed by atoms with van der Waals surface area (Å²) in [7, 11) is 0. The van der Waals surface area contributed by atoms with Crippen molar-refractivity contribution < 1.29 is 4.79 Å². The van der Waals surface area contributed by atoms with Crippen molar-refractivity contribution in [1.29, 1.82) is 0 Å². The number of carbonyl (C=O) groups is 1. The maximum absolute atomic E-state index is 11.5. The average Bonchev–Trinajstić information content (AvgIpc) is 2.44. The second kappa shape index (κ2) is 2.80. The fourth-order valence-electron chi connectivity index (χ4n) is 1.48. The topological polar surface area (TPSA) is 42.0 Å². The number of nitrogens with one attached hydrogen (secondary N) is 1. The van der Waals surface area contributed by atoms with Crippen molar-refractivity contribution in [2.24, 2.45) is 5.41 Å². The van der Waals surface area contributed by atoms with Crippen LogP contribution >= 0.6 is 11.3 Å². The normalized spacial score (nSPS) is 20.3. The summed E-state index contributed by atoms with van der Waals surface area (Å²) in [5.74, 6) is -0.0261. The van der Waals surface area contributed by atoms with Gasteiger partial charge in [0.15, 0.2) is 0 Å². The highest BCUT2D eigenvalue weighted by Crippen LogP contribution is 2.28. The molecule has 0 spiro atoms. The van der Waals surface area contributed by atoms with Gasteiger partial charge in [-0.15, -0.1) is 11.3 Å². The second-order valence-corrected chi connectivity index (χ2v) is 5.09. The van der Waals surface area contributed by atoms with E-state index in [1.807, 2.05) is 0 Å². The molecule has 2 rings (SSSR count). The molecule has 1 N–H and O–H groups in total. The molecule has 0 bridgehead atoms. The molecule has 1 aromatic rings. The van der Waals surface area contributed by atoms with Crippen LogP contribution in [0.4, 0.5) is 0 Å². The lowest BCUT2D eigenvalue weighted by molar-refractivity contribution is 0.0940. The molecule has 0 atom stereocenters. The van der Waals surface area contributed by atoms with Crippen LogP contribution in [0, 0.1) is 5.41 Å². The number of rotatable bonds is 0. The van der Waals surface area contributed by atoms with Crippen molar-refractivity contribution in [1.82, 2.24) is 10.3 Å². The first kappa shape index (κ1) is 8.69. The molecule has 1 aromatic heterocycles. The third-order valence-electron chi connectivity index (χ3n) is 2.22. The van der Waals surface area contributed by atoms with Gasteiger partial charge in [0, 0.05) is 11.4 Å². The van der Waals surface area contributed by atoms with Crippen molar-refractivity contribution >= 4 is 17.2 Å². The van der Waals surface area contributed by atoms with Crippen molar-refractivity contribution in [3.05, 3.63) is 16.1 Å². The van der Waals surface area contributed by atoms with Gasteiger partial charge in [-0.1, -0.05) is 13.8 Å². The van der Waals surface area contributed by atoms with Crippen LogP contribution in [0.15, 0.2) is 5.51 Å². The first-order chi connectivity index (χ1) is 6.08. The molecule has 0 radical (unpaired) electrons. The Kier molecular flexibility index (Phi) is 1.87. The van der Waals surface area contributed by atoms with E-state index in [0.29, 0.717) is 5.69 Å². The summed E-state index contributed by atoms with van der Waals surface area (Å²) in [6.07, 6.45) is 0.936. The highest BCUT2D eigenvalue weighted by atomic mass is 32.1. The Hall–Kier alpha value is -0.900. The highest BCUT2D eigenvalue weighted by molar-refractivity contribution is 7.09. The van der Waals surface area contributed by atoms with Crippen LogP contribution in [0.25, 0.3) is 0 Å². The third kappa shape index (κ3) is 1.58. The molecule has 3 nitrogen and oxygen atoms in total. The molecule has 0 saturated heterocycles. The molecular formula is C9H12N2OS. The minimum Gasteiger partial charge on any atom is -0.350 e. The van der Waals surface area contributed by atoms with Gasteiger partial charge in [0.1, 0.15) is 5.69 Å². The molecular weight excluding hydrogens is 184 g/mol. The standard InChI is InChI=1S/C9H12N2OS/c1-9(2)3-6-7(11-5-13-6)8(12)10-4-9/h5H,3-4H2,1-2H3,(H,10,12). The van der Waals surface area contributed by atoms with Gasteiger partial charge in [-0.25, -0.2) is 4.98 Å². The van der Waals surface area contributed by atoms with Gasteiger partial charge in [0.05, 0.1) is 5.51 Å². The maximum atomic E-state index is 11.5. The van der Waals surface area contributed by atoms with Crippen LogP contribution in [0.3, 0.4) is 0 Å². The molecule has 0 aliphatic carbocycles. The summed E-state index contributed by atoms with van der Waals surface area (Å²) in [6.45, 7) is 5.04. The van der Waals surface area contributed by atoms with Gasteiger partial charge in [0.2, 0.25) is 0 Å². The average molecular weight is 196 g/mol. The summed E-state index contributed by atoms with van der Waals surface area (Å²) in [5.41, 5.74) is 2.51. The number of hydrogen-bond donors (Lipinski definition) is 1. The van der Waals surface area contributed by atoms with Crippen molar-refractivity contribution in [2.75, 3.05) is 6.54 Å². The van der Waals surface area contributed by atoms with E-state index in [2.05, 4.69) is 24.1 Å². The molecule has 1 amide bonds. The first-order valence-corrected chi connectivity index (χ1v) is 5.17. The van der Waals surface area contributed by atoms with Gasteiger partial charge >= 0.3 is 0 Å². The molecule has 0 fully saturated rings. The third-order valence-corrected chi connectivity index (χ3v) is 3.06. The molecule has 13 heavy (non-hydrogen) atoms. The molecule has 0 saturated carbocycles. The summed E-state index contributed by atoms with van der Waals surface area (Å²) in [4.78, 5) is 16.7. The predicted molar refractivity (Wildman–Crippen MR) is 51.9 cm³/mol. The quantitative estimate of drug-likeness (QED) is 0.682. The van der Waals surface area contributed by atoms with Gasteiger partial charge in [-0.05, 0) is 11.8 Å². The van der Waals surface area contributed by atoms with Crippen LogP contribution in [0.5, 0.6) is 0 Å². The Morgan fingerprint density at radius 1 is 1.62 bits per heavy atom. The van der Waals surface area contributed by atoms with E-state index < -0.39 is 0 Å². The van der Waals surface area contributed by atoms with Crippen LogP contribution in [0.1, 0.15) is 29.2 Å². The van der Waals surface area contributed by atoms with E-state index in [4.69, 9.17) is 0 Å². The largest absolute Gasteiger partial charge is 0.350 e. The highest BCUT2D eigenvalue weighted by Gasteiger charge is 2.28. The fraction of sp³-hybridized carbons (Fsp3) is 0.556. The minimum absolute atomic E-state index is 0.0261. The van der Waals surface area contributed by atoms with E-state index in [9.17, 15) is 4.79 Å². The molecule has 70 valence electrons. The lowest BCUT2D eigenvalue weighted by Gasteiger charge is -2.20. The lowest BCUT2D eigenvalue weighted by Crippen LogP contribution is -2.31. The molecule has 1 aliphatic heterocycles. The number of carbonyl (C=O) groups excluding carboxylic acids is 1. The minimum atomic E-state index is -0.0261. The van der Waals surface area contributed by atoms with Crippen LogP contribution < -0.4 is 5.32 Å². The maximum Gasteiger partial charge on any atom is 0.271 e. The van der Waals surface area contributed by atoms with E-state index in [1.54, 1.807) is 16.8 Å². The summed E-state index contributed by atoms with van der Waals surface area (Å²) in [6, 6.07) is 0. The summed E-state index contributed by atoms with van der Waals surface area (Å²) >= 11 is 1.57. The van der Waals surface area contributed by atoms with Gasteiger partial charge in [0.25, 0.3) is 5.91 Å². The fourth-order valence-corrected chi connectivity index (χ4v) is 2.50. The Balaban J connectivity index is 2.41. The number of aromatic nitrogens is 1. The SMILES string of the molecule is CC1(C)CNC(=O)c2ncsc2C1. The summed E-state index contributed by atoms with van der Waals surface area (Å²) < 4.78 is 0. The Morgan fingerprint density at radius 2 is 2.38 bits per heavy atom. The molecule has 2 heterocycles. The molecule has 0 aromatic carbocycles. The zero-order valence-electron chi connectivity index (χ0n) is 7.76. The predicted octanol–water partition coefficient (Wildman–Crippen LogP) is 1.46. The second-order valence-electron chi connectivity index (χ2n) is 4.15. The summed E-state index contributed by atoms with van der Waals surface area (Å²) in [5, 5.41) is 2.88. The van der Waals surface area contributed by atoms with Crippen molar-refractivity contribution in [2.45, 2.75) is 20.3 Å². The number of amides is 1. The number of hydrogen-bond acceptors (Lipinski definition) is 3. The number of thiazole rings is 1. The Bertz CT molecular complexity index is 343. The van der Waals surface area contributed by atoms with Crippen LogP contribution in [0.2, 0.25) is 0 Å². The van der Waals surface area contributed by atoms with Crippen LogP contribution in [-0.2, 0) is 6.42 Å². The van der Waals surface area contributed by atoms with Crippen molar-refractivity contribution in [3.8, 4) is 0 Å². The van der Waals surface area contributed by atoms with Gasteiger partial charge < -0.3 is 5.32 Å². The number of nitrogens with zero attached hydrogens (tertiary/aromatic N) is 1. The number of fused-ring (bicyclic) bond motifs is 1. The van der Waals surface area contributed by atoms with Gasteiger partial charge in [-0.2, -0.15) is 0 Å². The Labute approximate surface area is 81.2 Å². The zero-order chi connectivity index (χ0) is 9.47. The van der Waals surface area contributed by atoms with Crippen molar-refractivity contribution in [3.63, 3.8) is 0 Å². The lowest BCUT2D eigenvalue weighted by atomic mass is 9.89. The Morgan fingerprint density at radius 3 is 3.15 bits per heavy atom.